The number of nitrogens with zero attached hydrogens (tertiary/aromatic N) is 2. The second-order valence-corrected chi connectivity index (χ2v) is 9.46. The average Bonchev–Trinajstić information content (AvgIpc) is 3.47. The van der Waals surface area contributed by atoms with Crippen LogP contribution in [0, 0.1) is 6.92 Å². The number of benzene rings is 3. The maximum absolute atomic E-state index is 12.8. The lowest BCUT2D eigenvalue weighted by molar-refractivity contribution is -0.153. The molecule has 0 fully saturated rings. The van der Waals surface area contributed by atoms with Gasteiger partial charge >= 0.3 is 18.2 Å². The molecule has 0 radical (unpaired) electrons. The first-order chi connectivity index (χ1) is 19.1. The third-order valence-corrected chi connectivity index (χ3v) is 6.74. The Morgan fingerprint density at radius 3 is 2.73 bits per heavy atom. The van der Waals surface area contributed by atoms with E-state index in [1.165, 1.54) is 6.07 Å². The molecule has 2 heterocycles. The van der Waals surface area contributed by atoms with Gasteiger partial charge in [0.15, 0.2) is 6.61 Å². The number of carboxylic acid groups (broad SMARTS) is 1. The predicted molar refractivity (Wildman–Crippen MR) is 143 cm³/mol. The van der Waals surface area contributed by atoms with Crippen LogP contribution in [0.4, 0.5) is 18.9 Å². The fraction of sp³-hybridized carbons (Fsp3) is 0.310. The Kier molecular flexibility index (Phi) is 7.46. The molecule has 1 aliphatic rings. The molecule has 0 unspecified atom stereocenters. The highest BCUT2D eigenvalue weighted by molar-refractivity contribution is 5.85. The number of imidazole rings is 1. The molecular formula is C29H28F3N3O5. The summed E-state index contributed by atoms with van der Waals surface area (Å²) in [6.45, 7) is 3.49. The van der Waals surface area contributed by atoms with Crippen LogP contribution in [0.15, 0.2) is 54.6 Å². The molecule has 0 spiro atoms. The van der Waals surface area contributed by atoms with E-state index in [9.17, 15) is 18.0 Å². The molecule has 40 heavy (non-hydrogen) atoms. The summed E-state index contributed by atoms with van der Waals surface area (Å²) >= 11 is 0. The van der Waals surface area contributed by atoms with Gasteiger partial charge in [-0.05, 0) is 49.2 Å². The molecule has 0 saturated heterocycles. The number of alkyl halides is 3. The molecule has 1 aliphatic heterocycles. The monoisotopic (exact) mass is 555 g/mol. The summed E-state index contributed by atoms with van der Waals surface area (Å²) < 4.78 is 56.8. The minimum Gasteiger partial charge on any atom is -0.493 e. The Bertz CT molecular complexity index is 1550. The van der Waals surface area contributed by atoms with E-state index < -0.39 is 18.8 Å². The van der Waals surface area contributed by atoms with Gasteiger partial charge in [0.1, 0.15) is 17.0 Å². The third kappa shape index (κ3) is 5.63. The molecule has 2 N–H and O–H groups in total. The number of para-hydroxylation sites is 1. The number of ether oxygens (including phenoxy) is 3. The summed E-state index contributed by atoms with van der Waals surface area (Å²) in [5.41, 5.74) is 5.23. The largest absolute Gasteiger partial charge is 0.493 e. The Balaban J connectivity index is 1.43. The van der Waals surface area contributed by atoms with E-state index in [2.05, 4.69) is 10.3 Å². The van der Waals surface area contributed by atoms with Gasteiger partial charge in [0.25, 0.3) is 0 Å². The number of carboxylic acids is 1. The number of hydrogen-bond donors (Lipinski definition) is 2. The van der Waals surface area contributed by atoms with E-state index in [1.54, 1.807) is 16.7 Å². The van der Waals surface area contributed by atoms with E-state index in [-0.39, 0.29) is 29.6 Å². The van der Waals surface area contributed by atoms with E-state index in [4.69, 9.17) is 19.3 Å². The fourth-order valence-electron chi connectivity index (χ4n) is 4.85. The highest BCUT2D eigenvalue weighted by atomic mass is 19.4. The van der Waals surface area contributed by atoms with Crippen molar-refractivity contribution in [1.82, 2.24) is 9.55 Å². The number of nitrogens with one attached hydrogen (secondary N) is 1. The minimum atomic E-state index is -4.48. The molecule has 8 nitrogen and oxygen atoms in total. The minimum absolute atomic E-state index is 0.0222. The van der Waals surface area contributed by atoms with E-state index in [1.807, 2.05) is 50.2 Å². The predicted octanol–water partition coefficient (Wildman–Crippen LogP) is 6.24. The number of aliphatic carboxylic acids is 1. The van der Waals surface area contributed by atoms with Gasteiger partial charge in [0.05, 0.1) is 30.8 Å². The lowest BCUT2D eigenvalue weighted by atomic mass is 9.98. The summed E-state index contributed by atoms with van der Waals surface area (Å²) in [5.74, 6) is -0.322. The zero-order valence-corrected chi connectivity index (χ0v) is 21.9. The van der Waals surface area contributed by atoms with Crippen molar-refractivity contribution in [1.29, 1.82) is 0 Å². The van der Waals surface area contributed by atoms with Crippen molar-refractivity contribution < 1.29 is 37.3 Å². The Morgan fingerprint density at radius 1 is 1.18 bits per heavy atom. The van der Waals surface area contributed by atoms with E-state index in [0.717, 1.165) is 28.1 Å². The maximum Gasteiger partial charge on any atom is 0.422 e. The summed E-state index contributed by atoms with van der Waals surface area (Å²) in [6.07, 6.45) is -4.45. The molecule has 1 aromatic heterocycles. The Labute approximate surface area is 228 Å². The van der Waals surface area contributed by atoms with Gasteiger partial charge in [-0.3, -0.25) is 9.36 Å². The number of carbonyl (C=O) groups is 1. The number of hydrogen-bond acceptors (Lipinski definition) is 6. The fourth-order valence-corrected chi connectivity index (χ4v) is 4.85. The van der Waals surface area contributed by atoms with Crippen molar-refractivity contribution in [2.24, 2.45) is 0 Å². The molecular weight excluding hydrogens is 527 g/mol. The normalized spacial score (nSPS) is 14.6. The number of anilines is 1. The maximum atomic E-state index is 12.8. The van der Waals surface area contributed by atoms with Crippen LogP contribution in [-0.2, 0) is 11.3 Å². The molecule has 4 aromatic rings. The summed E-state index contributed by atoms with van der Waals surface area (Å²) in [7, 11) is 0. The first-order valence-electron chi connectivity index (χ1n) is 12.8. The lowest BCUT2D eigenvalue weighted by Crippen LogP contribution is -2.19. The van der Waals surface area contributed by atoms with Crippen molar-refractivity contribution in [2.75, 3.05) is 25.1 Å². The average molecular weight is 556 g/mol. The van der Waals surface area contributed by atoms with Gasteiger partial charge in [-0.15, -0.1) is 0 Å². The van der Waals surface area contributed by atoms with E-state index in [0.29, 0.717) is 31.0 Å². The van der Waals surface area contributed by atoms with Gasteiger partial charge in [0.2, 0.25) is 0 Å². The zero-order chi connectivity index (χ0) is 28.4. The molecule has 0 bridgehead atoms. The number of halogens is 3. The molecule has 3 aromatic carbocycles. The molecule has 0 amide bonds. The zero-order valence-electron chi connectivity index (χ0n) is 21.9. The van der Waals surface area contributed by atoms with Gasteiger partial charge in [-0.1, -0.05) is 24.3 Å². The van der Waals surface area contributed by atoms with Crippen molar-refractivity contribution in [2.45, 2.75) is 38.9 Å². The summed E-state index contributed by atoms with van der Waals surface area (Å²) in [4.78, 5) is 15.6. The second kappa shape index (κ2) is 11.0. The second-order valence-electron chi connectivity index (χ2n) is 9.46. The van der Waals surface area contributed by atoms with E-state index >= 15 is 0 Å². The number of rotatable bonds is 10. The number of aromatic nitrogens is 2. The smallest absolute Gasteiger partial charge is 0.422 e. The van der Waals surface area contributed by atoms with Crippen LogP contribution < -0.4 is 19.5 Å². The molecule has 11 heteroatoms. The Morgan fingerprint density at radius 2 is 1.98 bits per heavy atom. The lowest BCUT2D eigenvalue weighted by Gasteiger charge is -2.16. The van der Waals surface area contributed by atoms with Gasteiger partial charge in [-0.25, -0.2) is 0 Å². The Hall–Kier alpha value is -4.41. The molecule has 1 atom stereocenters. The van der Waals surface area contributed by atoms with Crippen LogP contribution in [0.2, 0.25) is 0 Å². The quantitative estimate of drug-likeness (QED) is 0.239. The molecule has 0 saturated carbocycles. The first-order valence-corrected chi connectivity index (χ1v) is 12.8. The standard InChI is InChI=1S/C29H28F3N3O5/c1-3-38-28-34-27-23(8-5-9-24(27)40-16-29(30,31)32)35(28)22-7-4-6-18(17(22)2)14-33-20-10-11-21-19(12-26(36)37)15-39-25(21)13-20/h4-11,13,19,33H,3,12,14-16H2,1-2H3,(H,36,37)/t19-/m1/s1. The van der Waals surface area contributed by atoms with Crippen LogP contribution in [0.25, 0.3) is 16.7 Å². The van der Waals surface area contributed by atoms with Crippen molar-refractivity contribution in [3.63, 3.8) is 0 Å². The van der Waals surface area contributed by atoms with Crippen LogP contribution in [0.5, 0.6) is 17.5 Å². The van der Waals surface area contributed by atoms with Crippen LogP contribution in [0.1, 0.15) is 36.0 Å². The van der Waals surface area contributed by atoms with Crippen LogP contribution in [-0.4, -0.2) is 46.6 Å². The van der Waals surface area contributed by atoms with Crippen molar-refractivity contribution in [3.05, 3.63) is 71.3 Å². The first kappa shape index (κ1) is 27.2. The van der Waals surface area contributed by atoms with Gasteiger partial charge < -0.3 is 24.6 Å². The van der Waals surface area contributed by atoms with Gasteiger partial charge in [0, 0.05) is 29.8 Å². The summed E-state index contributed by atoms with van der Waals surface area (Å²) in [6, 6.07) is 16.5. The molecule has 0 aliphatic carbocycles. The SMILES string of the molecule is CCOc1nc2c(OCC(F)(F)F)cccc2n1-c1cccc(CNc2ccc3c(c2)OC[C@H]3CC(=O)O)c1C. The highest BCUT2D eigenvalue weighted by Crippen LogP contribution is 2.38. The molecule has 210 valence electrons. The van der Waals surface area contributed by atoms with Crippen LogP contribution >= 0.6 is 0 Å². The molecule has 5 rings (SSSR count). The third-order valence-electron chi connectivity index (χ3n) is 6.74. The topological polar surface area (TPSA) is 94.8 Å². The highest BCUT2D eigenvalue weighted by Gasteiger charge is 2.30. The van der Waals surface area contributed by atoms with Crippen molar-refractivity contribution in [3.8, 4) is 23.2 Å². The van der Waals surface area contributed by atoms with Gasteiger partial charge in [-0.2, -0.15) is 18.2 Å². The summed E-state index contributed by atoms with van der Waals surface area (Å²) in [5, 5.41) is 12.5. The van der Waals surface area contributed by atoms with Crippen LogP contribution in [0.3, 0.4) is 0 Å². The number of fused-ring (bicyclic) bond motifs is 2. The van der Waals surface area contributed by atoms with Crippen molar-refractivity contribution >= 4 is 22.7 Å².